The fourth-order valence-electron chi connectivity index (χ4n) is 3.74. The number of pyridine rings is 1. The van der Waals surface area contributed by atoms with Gasteiger partial charge in [-0.25, -0.2) is 14.4 Å². The maximum absolute atomic E-state index is 13.5. The minimum atomic E-state index is -0.348. The minimum absolute atomic E-state index is 0. The molecule has 32 heavy (non-hydrogen) atoms. The number of hydrogen-bond donors (Lipinski definition) is 1. The quantitative estimate of drug-likeness (QED) is 0.282. The Balaban J connectivity index is 0.00000289. The Hall–Kier alpha value is -2.69. The van der Waals surface area contributed by atoms with Crippen molar-refractivity contribution in [2.75, 3.05) is 19.6 Å². The predicted octanol–water partition coefficient (Wildman–Crippen LogP) is 4.32. The molecule has 1 N–H and O–H groups in total. The summed E-state index contributed by atoms with van der Waals surface area (Å²) >= 11 is 0. The first kappa shape index (κ1) is 24.0. The van der Waals surface area contributed by atoms with Crippen LogP contribution in [0.3, 0.4) is 0 Å². The SMILES string of the molecule is CCNC(=NCc1cccnc1Oc1cccc(F)c1)N1CCC(c2cnn(C)c2)C1.I. The molecule has 170 valence electrons. The molecule has 1 fully saturated rings. The third kappa shape index (κ3) is 5.96. The molecule has 1 unspecified atom stereocenters. The van der Waals surface area contributed by atoms with Crippen LogP contribution in [0.1, 0.15) is 30.4 Å². The van der Waals surface area contributed by atoms with Crippen LogP contribution >= 0.6 is 24.0 Å². The van der Waals surface area contributed by atoms with Crippen molar-refractivity contribution in [1.29, 1.82) is 0 Å². The van der Waals surface area contributed by atoms with E-state index in [1.165, 1.54) is 17.7 Å². The van der Waals surface area contributed by atoms with Crippen LogP contribution in [0.5, 0.6) is 11.6 Å². The molecule has 3 heterocycles. The van der Waals surface area contributed by atoms with E-state index >= 15 is 0 Å². The number of aryl methyl sites for hydroxylation is 1. The number of halogens is 2. The second kappa shape index (κ2) is 11.3. The highest BCUT2D eigenvalue weighted by Crippen LogP contribution is 2.27. The van der Waals surface area contributed by atoms with Gasteiger partial charge in [0, 0.05) is 56.6 Å². The van der Waals surface area contributed by atoms with Crippen LogP contribution in [-0.4, -0.2) is 45.3 Å². The molecule has 1 aromatic carbocycles. The van der Waals surface area contributed by atoms with Gasteiger partial charge in [0.05, 0.1) is 12.7 Å². The first-order valence-corrected chi connectivity index (χ1v) is 10.5. The monoisotopic (exact) mass is 550 g/mol. The molecule has 0 radical (unpaired) electrons. The van der Waals surface area contributed by atoms with Crippen molar-refractivity contribution in [3.63, 3.8) is 0 Å². The molecule has 7 nitrogen and oxygen atoms in total. The highest BCUT2D eigenvalue weighted by molar-refractivity contribution is 14.0. The first-order valence-electron chi connectivity index (χ1n) is 10.5. The standard InChI is InChI=1S/C23H27FN6O.HI/c1-3-25-23(30-11-9-18(16-30)19-14-28-29(2)15-19)27-13-17-6-5-10-26-22(17)31-21-8-4-7-20(24)12-21;/h4-8,10,12,14-15,18H,3,9,11,13,16H2,1-2H3,(H,25,27);1H. The fraction of sp³-hybridized carbons (Fsp3) is 0.348. The van der Waals surface area contributed by atoms with Gasteiger partial charge < -0.3 is 15.0 Å². The van der Waals surface area contributed by atoms with Gasteiger partial charge in [-0.15, -0.1) is 24.0 Å². The van der Waals surface area contributed by atoms with E-state index in [1.54, 1.807) is 18.3 Å². The van der Waals surface area contributed by atoms with E-state index in [1.807, 2.05) is 30.1 Å². The number of likely N-dealkylation sites (tertiary alicyclic amines) is 1. The summed E-state index contributed by atoms with van der Waals surface area (Å²) in [7, 11) is 1.94. The van der Waals surface area contributed by atoms with E-state index < -0.39 is 0 Å². The van der Waals surface area contributed by atoms with Crippen LogP contribution in [0.2, 0.25) is 0 Å². The molecule has 1 saturated heterocycles. The van der Waals surface area contributed by atoms with Crippen molar-refractivity contribution in [3.05, 3.63) is 71.9 Å². The number of rotatable bonds is 6. The van der Waals surface area contributed by atoms with Crippen LogP contribution < -0.4 is 10.1 Å². The minimum Gasteiger partial charge on any atom is -0.439 e. The molecule has 0 saturated carbocycles. The van der Waals surface area contributed by atoms with Crippen molar-refractivity contribution < 1.29 is 9.13 Å². The van der Waals surface area contributed by atoms with Gasteiger partial charge in [-0.3, -0.25) is 4.68 Å². The molecule has 0 spiro atoms. The molecule has 0 bridgehead atoms. The number of guanidine groups is 1. The fourth-order valence-corrected chi connectivity index (χ4v) is 3.74. The molecular formula is C23H28FIN6O. The lowest BCUT2D eigenvalue weighted by atomic mass is 10.0. The lowest BCUT2D eigenvalue weighted by molar-refractivity contribution is 0.451. The van der Waals surface area contributed by atoms with Crippen molar-refractivity contribution in [2.45, 2.75) is 25.8 Å². The molecule has 2 aromatic heterocycles. The Kier molecular flexibility index (Phi) is 8.43. The second-order valence-electron chi connectivity index (χ2n) is 7.58. The van der Waals surface area contributed by atoms with Crippen LogP contribution in [0, 0.1) is 5.82 Å². The summed E-state index contributed by atoms with van der Waals surface area (Å²) in [6, 6.07) is 9.82. The number of nitrogens with zero attached hydrogens (tertiary/aromatic N) is 5. The summed E-state index contributed by atoms with van der Waals surface area (Å²) in [6.45, 7) is 5.09. The van der Waals surface area contributed by atoms with Crippen LogP contribution in [0.25, 0.3) is 0 Å². The zero-order chi connectivity index (χ0) is 21.6. The highest BCUT2D eigenvalue weighted by atomic mass is 127. The van der Waals surface area contributed by atoms with Crippen molar-refractivity contribution >= 4 is 29.9 Å². The average Bonchev–Trinajstić information content (AvgIpc) is 3.41. The zero-order valence-electron chi connectivity index (χ0n) is 18.2. The van der Waals surface area contributed by atoms with E-state index in [2.05, 4.69) is 33.4 Å². The highest BCUT2D eigenvalue weighted by Gasteiger charge is 2.27. The van der Waals surface area contributed by atoms with Crippen LogP contribution in [0.4, 0.5) is 4.39 Å². The number of nitrogens with one attached hydrogen (secondary N) is 1. The van der Waals surface area contributed by atoms with E-state index in [0.29, 0.717) is 24.1 Å². The maximum Gasteiger partial charge on any atom is 0.224 e. The molecule has 9 heteroatoms. The largest absolute Gasteiger partial charge is 0.439 e. The van der Waals surface area contributed by atoms with Crippen molar-refractivity contribution in [3.8, 4) is 11.6 Å². The Morgan fingerprint density at radius 1 is 1.31 bits per heavy atom. The Morgan fingerprint density at radius 3 is 2.94 bits per heavy atom. The summed E-state index contributed by atoms with van der Waals surface area (Å²) in [5.41, 5.74) is 2.10. The molecule has 1 aliphatic rings. The molecule has 0 amide bonds. The smallest absolute Gasteiger partial charge is 0.224 e. The van der Waals surface area contributed by atoms with Gasteiger partial charge in [-0.2, -0.15) is 5.10 Å². The second-order valence-corrected chi connectivity index (χ2v) is 7.58. The third-order valence-electron chi connectivity index (χ3n) is 5.28. The van der Waals surface area contributed by atoms with Gasteiger partial charge in [-0.1, -0.05) is 12.1 Å². The Labute approximate surface area is 204 Å². The van der Waals surface area contributed by atoms with Gasteiger partial charge in [0.1, 0.15) is 11.6 Å². The number of ether oxygens (including phenoxy) is 1. The number of aliphatic imine (C=N–C) groups is 1. The summed E-state index contributed by atoms with van der Waals surface area (Å²) in [5.74, 6) is 1.81. The maximum atomic E-state index is 13.5. The lowest BCUT2D eigenvalue weighted by Gasteiger charge is -2.21. The molecule has 0 aliphatic carbocycles. The Bertz CT molecular complexity index is 1060. The Morgan fingerprint density at radius 2 is 2.19 bits per heavy atom. The van der Waals surface area contributed by atoms with Gasteiger partial charge >= 0.3 is 0 Å². The van der Waals surface area contributed by atoms with Gasteiger partial charge in [0.25, 0.3) is 0 Å². The predicted molar refractivity (Wildman–Crippen MR) is 133 cm³/mol. The summed E-state index contributed by atoms with van der Waals surface area (Å²) < 4.78 is 21.2. The molecular weight excluding hydrogens is 522 g/mol. The summed E-state index contributed by atoms with van der Waals surface area (Å²) in [6.07, 6.45) is 6.76. The van der Waals surface area contributed by atoms with E-state index in [9.17, 15) is 4.39 Å². The molecule has 1 aliphatic heterocycles. The van der Waals surface area contributed by atoms with Gasteiger partial charge in [0.2, 0.25) is 5.88 Å². The molecule has 3 aromatic rings. The van der Waals surface area contributed by atoms with E-state index in [-0.39, 0.29) is 29.8 Å². The number of benzene rings is 1. The topological polar surface area (TPSA) is 67.6 Å². The lowest BCUT2D eigenvalue weighted by Crippen LogP contribution is -2.40. The average molecular weight is 550 g/mol. The zero-order valence-corrected chi connectivity index (χ0v) is 20.6. The van der Waals surface area contributed by atoms with Crippen molar-refractivity contribution in [1.82, 2.24) is 25.0 Å². The van der Waals surface area contributed by atoms with Crippen LogP contribution in [-0.2, 0) is 13.6 Å². The van der Waals surface area contributed by atoms with E-state index in [0.717, 1.165) is 37.6 Å². The summed E-state index contributed by atoms with van der Waals surface area (Å²) in [4.78, 5) is 11.4. The first-order chi connectivity index (χ1) is 15.1. The van der Waals surface area contributed by atoms with Gasteiger partial charge in [0.15, 0.2) is 5.96 Å². The van der Waals surface area contributed by atoms with Gasteiger partial charge in [-0.05, 0) is 37.1 Å². The number of aromatic nitrogens is 3. The number of hydrogen-bond acceptors (Lipinski definition) is 4. The van der Waals surface area contributed by atoms with E-state index in [4.69, 9.17) is 9.73 Å². The summed E-state index contributed by atoms with van der Waals surface area (Å²) in [5, 5.41) is 7.69. The van der Waals surface area contributed by atoms with Crippen molar-refractivity contribution in [2.24, 2.45) is 12.0 Å². The van der Waals surface area contributed by atoms with Crippen LogP contribution in [0.15, 0.2) is 60.0 Å². The normalized spacial score (nSPS) is 16.0. The molecule has 4 rings (SSSR count). The third-order valence-corrected chi connectivity index (χ3v) is 5.28. The molecule has 1 atom stereocenters.